The number of hydrogen-bond donors (Lipinski definition) is 2. The Balaban J connectivity index is 2.03. The Kier molecular flexibility index (Phi) is 3.31. The standard InChI is InChI=1S/C11H13ClN2O2/c12-8-4-2-1-3-7(8)5-10(15)9-6-16-11(13)14-9/h1-4,9-10,15H,5-6H2,(H2,13,14). The average Bonchev–Trinajstić information content (AvgIpc) is 2.68. The maximum atomic E-state index is 9.94. The summed E-state index contributed by atoms with van der Waals surface area (Å²) in [5, 5.41) is 10.6. The Hall–Kier alpha value is -1.26. The molecular formula is C11H13ClN2O2. The second-order valence-corrected chi connectivity index (χ2v) is 4.12. The molecule has 2 rings (SSSR count). The molecule has 0 radical (unpaired) electrons. The minimum absolute atomic E-state index is 0.142. The van der Waals surface area contributed by atoms with Gasteiger partial charge in [-0.15, -0.1) is 0 Å². The number of aliphatic imine (C=N–C) groups is 1. The quantitative estimate of drug-likeness (QED) is 0.827. The summed E-state index contributed by atoms with van der Waals surface area (Å²) in [5.41, 5.74) is 6.28. The second kappa shape index (κ2) is 4.72. The molecular weight excluding hydrogens is 228 g/mol. The highest BCUT2D eigenvalue weighted by atomic mass is 35.5. The van der Waals surface area contributed by atoms with Crippen LogP contribution >= 0.6 is 11.6 Å². The van der Waals surface area contributed by atoms with E-state index >= 15 is 0 Å². The van der Waals surface area contributed by atoms with Crippen LogP contribution in [0.4, 0.5) is 0 Å². The van der Waals surface area contributed by atoms with Crippen LogP contribution in [0.3, 0.4) is 0 Å². The van der Waals surface area contributed by atoms with Crippen molar-refractivity contribution in [2.24, 2.45) is 10.7 Å². The predicted octanol–water partition coefficient (Wildman–Crippen LogP) is 0.957. The summed E-state index contributed by atoms with van der Waals surface area (Å²) in [6.07, 6.45) is -0.175. The molecule has 0 amide bonds. The van der Waals surface area contributed by atoms with Crippen molar-refractivity contribution in [1.29, 1.82) is 0 Å². The van der Waals surface area contributed by atoms with Crippen LogP contribution < -0.4 is 5.73 Å². The lowest BCUT2D eigenvalue weighted by atomic mass is 10.0. The van der Waals surface area contributed by atoms with Gasteiger partial charge in [-0.05, 0) is 11.6 Å². The summed E-state index contributed by atoms with van der Waals surface area (Å²) in [6, 6.07) is 7.27. The van der Waals surface area contributed by atoms with Crippen molar-refractivity contribution >= 4 is 17.6 Å². The van der Waals surface area contributed by atoms with Gasteiger partial charge in [-0.2, -0.15) is 0 Å². The van der Waals surface area contributed by atoms with Crippen LogP contribution in [0.2, 0.25) is 5.02 Å². The number of halogens is 1. The molecule has 0 aromatic heterocycles. The zero-order valence-electron chi connectivity index (χ0n) is 8.64. The van der Waals surface area contributed by atoms with Gasteiger partial charge in [0.05, 0.1) is 6.10 Å². The highest BCUT2D eigenvalue weighted by Gasteiger charge is 2.25. The summed E-state index contributed by atoms with van der Waals surface area (Å²) < 4.78 is 4.99. The number of ether oxygens (including phenoxy) is 1. The van der Waals surface area contributed by atoms with E-state index in [1.165, 1.54) is 0 Å². The summed E-state index contributed by atoms with van der Waals surface area (Å²) in [7, 11) is 0. The summed E-state index contributed by atoms with van der Waals surface area (Å²) in [6.45, 7) is 0.331. The molecule has 3 N–H and O–H groups in total. The molecule has 0 saturated carbocycles. The number of hydrogen-bond acceptors (Lipinski definition) is 4. The summed E-state index contributed by atoms with van der Waals surface area (Å²) in [4.78, 5) is 3.99. The number of nitrogens with two attached hydrogens (primary N) is 1. The van der Waals surface area contributed by atoms with Crippen LogP contribution in [0.1, 0.15) is 5.56 Å². The molecule has 1 heterocycles. The first-order chi connectivity index (χ1) is 7.66. The fourth-order valence-electron chi connectivity index (χ4n) is 1.63. The van der Waals surface area contributed by atoms with Crippen molar-refractivity contribution in [3.05, 3.63) is 34.9 Å². The van der Waals surface area contributed by atoms with Gasteiger partial charge < -0.3 is 15.6 Å². The van der Waals surface area contributed by atoms with Gasteiger partial charge >= 0.3 is 0 Å². The monoisotopic (exact) mass is 240 g/mol. The molecule has 0 fully saturated rings. The highest BCUT2D eigenvalue weighted by Crippen LogP contribution is 2.19. The van der Waals surface area contributed by atoms with E-state index in [1.807, 2.05) is 18.2 Å². The number of benzene rings is 1. The molecule has 16 heavy (non-hydrogen) atoms. The SMILES string of the molecule is NC1=NC(C(O)Cc2ccccc2Cl)CO1. The third kappa shape index (κ3) is 2.46. The van der Waals surface area contributed by atoms with Crippen LogP contribution in [-0.2, 0) is 11.2 Å². The second-order valence-electron chi connectivity index (χ2n) is 3.71. The lowest BCUT2D eigenvalue weighted by Crippen LogP contribution is -2.27. The molecule has 0 aliphatic carbocycles. The molecule has 1 aliphatic rings. The first-order valence-corrected chi connectivity index (χ1v) is 5.42. The number of aliphatic hydroxyl groups excluding tert-OH is 1. The van der Waals surface area contributed by atoms with Gasteiger partial charge in [0.1, 0.15) is 12.6 Å². The first-order valence-electron chi connectivity index (χ1n) is 5.04. The highest BCUT2D eigenvalue weighted by molar-refractivity contribution is 6.31. The minimum atomic E-state index is -0.624. The Labute approximate surface area is 98.7 Å². The number of nitrogens with zero attached hydrogens (tertiary/aromatic N) is 1. The van der Waals surface area contributed by atoms with E-state index in [9.17, 15) is 5.11 Å². The summed E-state index contributed by atoms with van der Waals surface area (Å²) >= 11 is 6.00. The topological polar surface area (TPSA) is 67.8 Å². The van der Waals surface area contributed by atoms with E-state index in [4.69, 9.17) is 22.1 Å². The van der Waals surface area contributed by atoms with Crippen molar-refractivity contribution in [3.8, 4) is 0 Å². The molecule has 5 heteroatoms. The van der Waals surface area contributed by atoms with Crippen molar-refractivity contribution in [2.75, 3.05) is 6.61 Å². The van der Waals surface area contributed by atoms with Crippen molar-refractivity contribution < 1.29 is 9.84 Å². The van der Waals surface area contributed by atoms with Gasteiger partial charge in [0.15, 0.2) is 0 Å². The fraction of sp³-hybridized carbons (Fsp3) is 0.364. The third-order valence-corrected chi connectivity index (χ3v) is 2.89. The van der Waals surface area contributed by atoms with Crippen molar-refractivity contribution in [1.82, 2.24) is 0 Å². The zero-order chi connectivity index (χ0) is 11.5. The van der Waals surface area contributed by atoms with E-state index in [-0.39, 0.29) is 12.1 Å². The third-order valence-electron chi connectivity index (χ3n) is 2.53. The first kappa shape index (κ1) is 11.2. The van der Waals surface area contributed by atoms with Crippen molar-refractivity contribution in [3.63, 3.8) is 0 Å². The van der Waals surface area contributed by atoms with E-state index in [2.05, 4.69) is 4.99 Å². The maximum absolute atomic E-state index is 9.94. The number of aliphatic hydroxyl groups is 1. The zero-order valence-corrected chi connectivity index (χ0v) is 9.39. The molecule has 0 saturated heterocycles. The molecule has 86 valence electrons. The molecule has 4 nitrogen and oxygen atoms in total. The Morgan fingerprint density at radius 3 is 2.94 bits per heavy atom. The van der Waals surface area contributed by atoms with E-state index in [0.717, 1.165) is 5.56 Å². The van der Waals surface area contributed by atoms with Gasteiger partial charge in [0.2, 0.25) is 0 Å². The van der Waals surface area contributed by atoms with Gasteiger partial charge in [0.25, 0.3) is 6.02 Å². The molecule has 1 aliphatic heterocycles. The van der Waals surface area contributed by atoms with Crippen LogP contribution in [0.15, 0.2) is 29.3 Å². The van der Waals surface area contributed by atoms with E-state index in [1.54, 1.807) is 6.07 Å². The van der Waals surface area contributed by atoms with Gasteiger partial charge in [-0.25, -0.2) is 4.99 Å². The molecule has 2 unspecified atom stereocenters. The minimum Gasteiger partial charge on any atom is -0.463 e. The van der Waals surface area contributed by atoms with Gasteiger partial charge in [-0.3, -0.25) is 0 Å². The molecule has 1 aromatic carbocycles. The normalized spacial score (nSPS) is 21.4. The van der Waals surface area contributed by atoms with E-state index in [0.29, 0.717) is 18.1 Å². The largest absolute Gasteiger partial charge is 0.463 e. The van der Waals surface area contributed by atoms with Gasteiger partial charge in [-0.1, -0.05) is 29.8 Å². The average molecular weight is 241 g/mol. The number of rotatable bonds is 3. The molecule has 1 aromatic rings. The van der Waals surface area contributed by atoms with Crippen molar-refractivity contribution in [2.45, 2.75) is 18.6 Å². The molecule has 0 spiro atoms. The fourth-order valence-corrected chi connectivity index (χ4v) is 1.84. The predicted molar refractivity (Wildman–Crippen MR) is 62.5 cm³/mol. The van der Waals surface area contributed by atoms with Crippen LogP contribution in [0.5, 0.6) is 0 Å². The molecule has 0 bridgehead atoms. The van der Waals surface area contributed by atoms with Crippen LogP contribution in [-0.4, -0.2) is 29.9 Å². The van der Waals surface area contributed by atoms with Crippen LogP contribution in [0.25, 0.3) is 0 Å². The van der Waals surface area contributed by atoms with Crippen LogP contribution in [0, 0.1) is 0 Å². The lowest BCUT2D eigenvalue weighted by molar-refractivity contribution is 0.128. The smallest absolute Gasteiger partial charge is 0.282 e. The maximum Gasteiger partial charge on any atom is 0.282 e. The number of amidine groups is 1. The Morgan fingerprint density at radius 1 is 1.56 bits per heavy atom. The Morgan fingerprint density at radius 2 is 2.31 bits per heavy atom. The van der Waals surface area contributed by atoms with Gasteiger partial charge in [0, 0.05) is 11.4 Å². The Bertz CT molecular complexity index is 409. The van der Waals surface area contributed by atoms with E-state index < -0.39 is 6.10 Å². The molecule has 2 atom stereocenters. The summed E-state index contributed by atoms with van der Waals surface area (Å²) in [5.74, 6) is 0. The lowest BCUT2D eigenvalue weighted by Gasteiger charge is -2.14.